The zero-order chi connectivity index (χ0) is 26.5. The Labute approximate surface area is 212 Å². The third kappa shape index (κ3) is 5.76. The van der Waals surface area contributed by atoms with Gasteiger partial charge in [0.05, 0.1) is 22.5 Å². The van der Waals surface area contributed by atoms with Gasteiger partial charge in [-0.3, -0.25) is 25.0 Å². The van der Waals surface area contributed by atoms with E-state index in [-0.39, 0.29) is 23.7 Å². The van der Waals surface area contributed by atoms with Crippen LogP contribution in [0.2, 0.25) is 0 Å². The number of aromatic nitrogens is 1. The van der Waals surface area contributed by atoms with Crippen molar-refractivity contribution in [2.45, 2.75) is 20.3 Å². The van der Waals surface area contributed by atoms with Crippen molar-refractivity contribution in [3.63, 3.8) is 0 Å². The van der Waals surface area contributed by atoms with Crippen molar-refractivity contribution >= 4 is 23.5 Å². The molecule has 0 bridgehead atoms. The van der Waals surface area contributed by atoms with Crippen LogP contribution in [-0.4, -0.2) is 26.5 Å². The maximum absolute atomic E-state index is 12.2. The van der Waals surface area contributed by atoms with Crippen LogP contribution in [0.4, 0.5) is 11.4 Å². The highest BCUT2D eigenvalue weighted by molar-refractivity contribution is 5.85. The minimum Gasteiger partial charge on any atom is -0.318 e. The summed E-state index contributed by atoms with van der Waals surface area (Å²) in [5.74, 6) is -0.333. The number of nitrogens with zero attached hydrogens (tertiary/aromatic N) is 4. The fourth-order valence-electron chi connectivity index (χ4n) is 4.03. The topological polar surface area (TPSA) is 133 Å². The third-order valence-electron chi connectivity index (χ3n) is 5.91. The number of aryl methyl sites for hydroxylation is 1. The molecule has 0 aliphatic rings. The lowest BCUT2D eigenvalue weighted by molar-refractivity contribution is -0.385. The Morgan fingerprint density at radius 2 is 1.38 bits per heavy atom. The third-order valence-corrected chi connectivity index (χ3v) is 5.91. The van der Waals surface area contributed by atoms with Crippen molar-refractivity contribution in [1.82, 2.24) is 9.99 Å². The molecule has 186 valence electrons. The first kappa shape index (κ1) is 25.0. The first-order valence-corrected chi connectivity index (χ1v) is 11.3. The molecule has 0 saturated carbocycles. The van der Waals surface area contributed by atoms with E-state index in [9.17, 15) is 25.0 Å². The minimum absolute atomic E-state index is 0.0291. The number of rotatable bonds is 8. The van der Waals surface area contributed by atoms with E-state index in [4.69, 9.17) is 0 Å². The Balaban J connectivity index is 1.43. The van der Waals surface area contributed by atoms with Gasteiger partial charge in [-0.15, -0.1) is 0 Å². The number of non-ortho nitro benzene ring substituents is 2. The molecule has 0 atom stereocenters. The van der Waals surface area contributed by atoms with Gasteiger partial charge in [0.15, 0.2) is 0 Å². The van der Waals surface area contributed by atoms with Gasteiger partial charge in [0, 0.05) is 46.9 Å². The quantitative estimate of drug-likeness (QED) is 0.201. The molecule has 1 heterocycles. The van der Waals surface area contributed by atoms with Crippen molar-refractivity contribution < 1.29 is 14.6 Å². The molecule has 4 aromatic rings. The molecule has 4 rings (SSSR count). The van der Waals surface area contributed by atoms with Crippen LogP contribution < -0.4 is 5.43 Å². The zero-order valence-corrected chi connectivity index (χ0v) is 20.1. The average Bonchev–Trinajstić information content (AvgIpc) is 3.17. The summed E-state index contributed by atoms with van der Waals surface area (Å²) in [6.07, 6.45) is 1.63. The van der Waals surface area contributed by atoms with Crippen LogP contribution in [0.25, 0.3) is 16.8 Å². The smallest absolute Gasteiger partial charge is 0.269 e. The Bertz CT molecular complexity index is 1490. The predicted octanol–water partition coefficient (Wildman–Crippen LogP) is 5.27. The molecule has 3 aromatic carbocycles. The van der Waals surface area contributed by atoms with Crippen LogP contribution in [0.3, 0.4) is 0 Å². The maximum atomic E-state index is 12.2. The van der Waals surface area contributed by atoms with Crippen molar-refractivity contribution in [3.8, 4) is 16.8 Å². The van der Waals surface area contributed by atoms with E-state index in [0.29, 0.717) is 5.56 Å². The average molecular weight is 498 g/mol. The second-order valence-corrected chi connectivity index (χ2v) is 8.41. The molecular formula is C27H23N5O5. The summed E-state index contributed by atoms with van der Waals surface area (Å²) in [6.45, 7) is 3.93. The first-order chi connectivity index (χ1) is 17.7. The van der Waals surface area contributed by atoms with Crippen LogP contribution in [0.15, 0.2) is 84.0 Å². The number of amides is 1. The molecule has 0 fully saturated rings. The van der Waals surface area contributed by atoms with E-state index in [1.165, 1.54) is 24.3 Å². The molecule has 0 aliphatic carbocycles. The summed E-state index contributed by atoms with van der Waals surface area (Å²) in [5, 5.41) is 25.7. The number of hydrogen-bond acceptors (Lipinski definition) is 6. The molecular weight excluding hydrogens is 474 g/mol. The highest BCUT2D eigenvalue weighted by atomic mass is 16.6. The van der Waals surface area contributed by atoms with E-state index in [1.54, 1.807) is 30.5 Å². The molecule has 1 aromatic heterocycles. The second kappa shape index (κ2) is 10.6. The maximum Gasteiger partial charge on any atom is 0.269 e. The number of hydrogen-bond donors (Lipinski definition) is 1. The van der Waals surface area contributed by atoms with Gasteiger partial charge in [0.1, 0.15) is 0 Å². The number of carbonyl (C=O) groups is 1. The molecule has 1 N–H and O–H groups in total. The van der Waals surface area contributed by atoms with Crippen LogP contribution in [0.5, 0.6) is 0 Å². The van der Waals surface area contributed by atoms with Crippen LogP contribution in [0.1, 0.15) is 22.5 Å². The SMILES string of the molecule is Cc1cc(/C=N/NC(=O)Cc2ccc([N+](=O)[O-])cc2)c(C)n1-c1ccc(-c2ccc([N+](=O)[O-])cc2)cc1. The van der Waals surface area contributed by atoms with Gasteiger partial charge < -0.3 is 4.57 Å². The molecule has 0 radical (unpaired) electrons. The summed E-state index contributed by atoms with van der Waals surface area (Å²) in [6, 6.07) is 22.1. The monoisotopic (exact) mass is 497 g/mol. The van der Waals surface area contributed by atoms with Crippen molar-refractivity contribution in [3.05, 3.63) is 122 Å². The Morgan fingerprint density at radius 3 is 1.92 bits per heavy atom. The number of nitro groups is 2. The first-order valence-electron chi connectivity index (χ1n) is 11.3. The molecule has 10 nitrogen and oxygen atoms in total. The van der Waals surface area contributed by atoms with Gasteiger partial charge in [-0.2, -0.15) is 5.10 Å². The summed E-state index contributed by atoms with van der Waals surface area (Å²) >= 11 is 0. The number of nitro benzene ring substituents is 2. The van der Waals surface area contributed by atoms with E-state index in [0.717, 1.165) is 33.8 Å². The van der Waals surface area contributed by atoms with Crippen molar-refractivity contribution in [2.75, 3.05) is 0 Å². The summed E-state index contributed by atoms with van der Waals surface area (Å²) in [7, 11) is 0. The van der Waals surface area contributed by atoms with Gasteiger partial charge in [-0.1, -0.05) is 24.3 Å². The number of hydrazone groups is 1. The van der Waals surface area contributed by atoms with Gasteiger partial charge >= 0.3 is 0 Å². The van der Waals surface area contributed by atoms with Gasteiger partial charge in [-0.05, 0) is 60.9 Å². The van der Waals surface area contributed by atoms with E-state index >= 15 is 0 Å². The zero-order valence-electron chi connectivity index (χ0n) is 20.1. The van der Waals surface area contributed by atoms with E-state index in [2.05, 4.69) is 15.1 Å². The van der Waals surface area contributed by atoms with E-state index < -0.39 is 9.85 Å². The van der Waals surface area contributed by atoms with Gasteiger partial charge in [-0.25, -0.2) is 5.43 Å². The van der Waals surface area contributed by atoms with Crippen molar-refractivity contribution in [2.24, 2.45) is 5.10 Å². The highest BCUT2D eigenvalue weighted by Gasteiger charge is 2.11. The fraction of sp³-hybridized carbons (Fsp3) is 0.111. The highest BCUT2D eigenvalue weighted by Crippen LogP contribution is 2.26. The lowest BCUT2D eigenvalue weighted by Crippen LogP contribution is -2.19. The van der Waals surface area contributed by atoms with Gasteiger partial charge in [0.2, 0.25) is 5.91 Å². The summed E-state index contributed by atoms with van der Waals surface area (Å²) in [5.41, 5.74) is 8.70. The second-order valence-electron chi connectivity index (χ2n) is 8.41. The van der Waals surface area contributed by atoms with Crippen LogP contribution in [-0.2, 0) is 11.2 Å². The van der Waals surface area contributed by atoms with Crippen LogP contribution in [0, 0.1) is 34.1 Å². The number of nitrogens with one attached hydrogen (secondary N) is 1. The normalized spacial score (nSPS) is 11.0. The molecule has 0 aliphatic heterocycles. The standard InChI is InChI=1S/C27H23N5O5/c1-18-15-23(17-28-29-27(33)16-20-3-9-25(10-4-20)31(34)35)19(2)30(18)24-11-5-21(6-12-24)22-7-13-26(14-8-22)32(36)37/h3-15,17H,16H2,1-2H3,(H,29,33)/b28-17+. The van der Waals surface area contributed by atoms with Crippen LogP contribution >= 0.6 is 0 Å². The molecule has 10 heteroatoms. The summed E-state index contributed by atoms with van der Waals surface area (Å²) in [4.78, 5) is 32.9. The molecule has 0 unspecified atom stereocenters. The Kier molecular flexibility index (Phi) is 7.19. The predicted molar refractivity (Wildman–Crippen MR) is 140 cm³/mol. The molecule has 0 spiro atoms. The molecule has 1 amide bonds. The lowest BCUT2D eigenvalue weighted by atomic mass is 10.0. The Morgan fingerprint density at radius 1 is 0.865 bits per heavy atom. The minimum atomic E-state index is -0.488. The number of carbonyl (C=O) groups excluding carboxylic acids is 1. The molecule has 37 heavy (non-hydrogen) atoms. The Hall–Kier alpha value is -5.12. The summed E-state index contributed by atoms with van der Waals surface area (Å²) < 4.78 is 2.07. The lowest BCUT2D eigenvalue weighted by Gasteiger charge is -2.11. The molecule has 0 saturated heterocycles. The largest absolute Gasteiger partial charge is 0.318 e. The number of benzene rings is 3. The van der Waals surface area contributed by atoms with Gasteiger partial charge in [0.25, 0.3) is 11.4 Å². The van der Waals surface area contributed by atoms with Crippen molar-refractivity contribution in [1.29, 1.82) is 0 Å². The van der Waals surface area contributed by atoms with E-state index in [1.807, 2.05) is 44.2 Å². The fourth-order valence-corrected chi connectivity index (χ4v) is 4.03.